The number of hydrogen-bond donors (Lipinski definition) is 1. The zero-order chi connectivity index (χ0) is 9.61. The van der Waals surface area contributed by atoms with Crippen molar-refractivity contribution >= 4 is 5.97 Å². The first-order valence-corrected chi connectivity index (χ1v) is 4.08. The van der Waals surface area contributed by atoms with Crippen molar-refractivity contribution in [2.45, 2.75) is 33.0 Å². The summed E-state index contributed by atoms with van der Waals surface area (Å²) in [5.74, 6) is -2.54. The van der Waals surface area contributed by atoms with Gasteiger partial charge in [-0.1, -0.05) is 6.92 Å². The maximum atomic E-state index is 11.0. The minimum Gasteiger partial charge on any atom is -0.462 e. The number of aliphatic hydroxyl groups is 1. The van der Waals surface area contributed by atoms with Crippen molar-refractivity contribution in [3.8, 4) is 0 Å². The molecule has 0 aliphatic heterocycles. The van der Waals surface area contributed by atoms with E-state index in [2.05, 4.69) is 4.74 Å². The molecule has 4 nitrogen and oxygen atoms in total. The fraction of sp³-hybridized carbons (Fsp3) is 0.875. The third-order valence-electron chi connectivity index (χ3n) is 1.24. The molecule has 0 aromatic heterocycles. The molecule has 0 heterocycles. The summed E-state index contributed by atoms with van der Waals surface area (Å²) in [6, 6.07) is 0. The van der Waals surface area contributed by atoms with Crippen molar-refractivity contribution in [3.05, 3.63) is 0 Å². The van der Waals surface area contributed by atoms with Crippen molar-refractivity contribution in [1.29, 1.82) is 0 Å². The molecule has 0 aromatic carbocycles. The van der Waals surface area contributed by atoms with Crippen LogP contribution in [0, 0.1) is 0 Å². The Morgan fingerprint density at radius 3 is 2.50 bits per heavy atom. The highest BCUT2D eigenvalue weighted by molar-refractivity contribution is 5.76. The Kier molecular flexibility index (Phi) is 4.85. The molecule has 0 aromatic rings. The van der Waals surface area contributed by atoms with E-state index >= 15 is 0 Å². The van der Waals surface area contributed by atoms with E-state index in [1.165, 1.54) is 6.92 Å². The van der Waals surface area contributed by atoms with Gasteiger partial charge in [0.15, 0.2) is 0 Å². The van der Waals surface area contributed by atoms with E-state index in [1.807, 2.05) is 6.92 Å². The Morgan fingerprint density at radius 1 is 1.50 bits per heavy atom. The molecule has 1 unspecified atom stereocenters. The van der Waals surface area contributed by atoms with Gasteiger partial charge in [0.2, 0.25) is 0 Å². The Balaban J connectivity index is 3.90. The molecular formula is C8H16O4. The number of carbonyl (C=O) groups is 1. The third-order valence-corrected chi connectivity index (χ3v) is 1.24. The van der Waals surface area contributed by atoms with Crippen LogP contribution >= 0.6 is 0 Å². The second-order valence-corrected chi connectivity index (χ2v) is 2.55. The van der Waals surface area contributed by atoms with Crippen LogP contribution in [0.3, 0.4) is 0 Å². The number of carbonyl (C=O) groups excluding carboxylic acids is 1. The van der Waals surface area contributed by atoms with Crippen LogP contribution < -0.4 is 0 Å². The molecule has 12 heavy (non-hydrogen) atoms. The van der Waals surface area contributed by atoms with Gasteiger partial charge in [-0.3, -0.25) is 0 Å². The van der Waals surface area contributed by atoms with Gasteiger partial charge in [-0.05, 0) is 13.3 Å². The minimum atomic E-state index is -1.80. The number of ether oxygens (including phenoxy) is 2. The molecule has 72 valence electrons. The second-order valence-electron chi connectivity index (χ2n) is 2.55. The quantitative estimate of drug-likeness (QED) is 0.494. The predicted octanol–water partition coefficient (Wildman–Crippen LogP) is 0.685. The molecule has 0 aliphatic carbocycles. The summed E-state index contributed by atoms with van der Waals surface area (Å²) in [5, 5.41) is 9.35. The van der Waals surface area contributed by atoms with E-state index in [-0.39, 0.29) is 6.61 Å². The van der Waals surface area contributed by atoms with Crippen LogP contribution in [-0.4, -0.2) is 30.1 Å². The summed E-state index contributed by atoms with van der Waals surface area (Å²) < 4.78 is 9.46. The molecular weight excluding hydrogens is 160 g/mol. The van der Waals surface area contributed by atoms with Crippen molar-refractivity contribution in [3.63, 3.8) is 0 Å². The lowest BCUT2D eigenvalue weighted by molar-refractivity contribution is -0.220. The van der Waals surface area contributed by atoms with E-state index in [0.29, 0.717) is 6.61 Å². The Hall–Kier alpha value is -0.610. The van der Waals surface area contributed by atoms with Crippen LogP contribution in [0.5, 0.6) is 0 Å². The minimum absolute atomic E-state index is 0.241. The predicted molar refractivity (Wildman–Crippen MR) is 43.5 cm³/mol. The summed E-state index contributed by atoms with van der Waals surface area (Å²) in [4.78, 5) is 11.0. The van der Waals surface area contributed by atoms with Crippen LogP contribution in [0.2, 0.25) is 0 Å². The lowest BCUT2D eigenvalue weighted by atomic mass is 10.3. The van der Waals surface area contributed by atoms with Crippen molar-refractivity contribution in [1.82, 2.24) is 0 Å². The standard InChI is InChI=1S/C8H16O4/c1-4-6-12-8(3,10)7(9)11-5-2/h10H,4-6H2,1-3H3. The van der Waals surface area contributed by atoms with Crippen LogP contribution in [0.25, 0.3) is 0 Å². The molecule has 0 fully saturated rings. The second kappa shape index (κ2) is 5.11. The summed E-state index contributed by atoms with van der Waals surface area (Å²) in [5.41, 5.74) is 0. The van der Waals surface area contributed by atoms with E-state index in [9.17, 15) is 9.90 Å². The van der Waals surface area contributed by atoms with Gasteiger partial charge >= 0.3 is 5.97 Å². The van der Waals surface area contributed by atoms with E-state index < -0.39 is 11.8 Å². The third kappa shape index (κ3) is 3.69. The fourth-order valence-electron chi connectivity index (χ4n) is 0.625. The molecule has 1 atom stereocenters. The summed E-state index contributed by atoms with van der Waals surface area (Å²) in [7, 11) is 0. The normalized spacial score (nSPS) is 15.3. The summed E-state index contributed by atoms with van der Waals surface area (Å²) >= 11 is 0. The van der Waals surface area contributed by atoms with Gasteiger partial charge in [-0.15, -0.1) is 0 Å². The number of rotatable bonds is 5. The molecule has 4 heteroatoms. The van der Waals surface area contributed by atoms with Crippen molar-refractivity contribution < 1.29 is 19.4 Å². The average Bonchev–Trinajstić information content (AvgIpc) is 2.01. The van der Waals surface area contributed by atoms with Crippen LogP contribution in [-0.2, 0) is 14.3 Å². The average molecular weight is 176 g/mol. The maximum Gasteiger partial charge on any atom is 0.366 e. The van der Waals surface area contributed by atoms with Crippen LogP contribution in [0.1, 0.15) is 27.2 Å². The van der Waals surface area contributed by atoms with Gasteiger partial charge in [0.05, 0.1) is 13.2 Å². The lowest BCUT2D eigenvalue weighted by Crippen LogP contribution is -2.40. The molecule has 0 rings (SSSR count). The van der Waals surface area contributed by atoms with Gasteiger partial charge in [-0.2, -0.15) is 0 Å². The van der Waals surface area contributed by atoms with Crippen molar-refractivity contribution in [2.24, 2.45) is 0 Å². The lowest BCUT2D eigenvalue weighted by Gasteiger charge is -2.20. The van der Waals surface area contributed by atoms with Gasteiger partial charge in [-0.25, -0.2) is 4.79 Å². The summed E-state index contributed by atoms with van der Waals surface area (Å²) in [6.45, 7) is 5.42. The molecule has 0 amide bonds. The zero-order valence-corrected chi connectivity index (χ0v) is 7.79. The molecule has 0 saturated heterocycles. The van der Waals surface area contributed by atoms with E-state index in [1.54, 1.807) is 6.92 Å². The largest absolute Gasteiger partial charge is 0.462 e. The van der Waals surface area contributed by atoms with Gasteiger partial charge in [0, 0.05) is 6.92 Å². The van der Waals surface area contributed by atoms with Gasteiger partial charge < -0.3 is 14.6 Å². The molecule has 0 spiro atoms. The first-order chi connectivity index (χ1) is 5.54. The molecule has 0 saturated carbocycles. The van der Waals surface area contributed by atoms with Crippen LogP contribution in [0.15, 0.2) is 0 Å². The zero-order valence-electron chi connectivity index (χ0n) is 7.79. The molecule has 1 N–H and O–H groups in total. The number of hydrogen-bond acceptors (Lipinski definition) is 4. The van der Waals surface area contributed by atoms with E-state index in [4.69, 9.17) is 4.74 Å². The number of esters is 1. The Morgan fingerprint density at radius 2 is 2.08 bits per heavy atom. The first-order valence-electron chi connectivity index (χ1n) is 4.08. The van der Waals surface area contributed by atoms with Gasteiger partial charge in [0.1, 0.15) is 0 Å². The summed E-state index contributed by atoms with van der Waals surface area (Å²) in [6.07, 6.45) is 0.746. The van der Waals surface area contributed by atoms with Crippen LogP contribution in [0.4, 0.5) is 0 Å². The molecule has 0 bridgehead atoms. The maximum absolute atomic E-state index is 11.0. The first kappa shape index (κ1) is 11.4. The van der Waals surface area contributed by atoms with E-state index in [0.717, 1.165) is 6.42 Å². The highest BCUT2D eigenvalue weighted by Crippen LogP contribution is 2.08. The monoisotopic (exact) mass is 176 g/mol. The Labute approximate surface area is 72.5 Å². The highest BCUT2D eigenvalue weighted by Gasteiger charge is 2.32. The smallest absolute Gasteiger partial charge is 0.366 e. The molecule has 0 radical (unpaired) electrons. The fourth-order valence-corrected chi connectivity index (χ4v) is 0.625. The highest BCUT2D eigenvalue weighted by atomic mass is 16.7. The Bertz CT molecular complexity index is 142. The SMILES string of the molecule is CCCOC(C)(O)C(=O)OCC. The molecule has 0 aliphatic rings. The topological polar surface area (TPSA) is 55.8 Å². The van der Waals surface area contributed by atoms with Gasteiger partial charge in [0.25, 0.3) is 5.79 Å². The van der Waals surface area contributed by atoms with Crippen molar-refractivity contribution in [2.75, 3.05) is 13.2 Å².